The lowest BCUT2D eigenvalue weighted by molar-refractivity contribution is 0.0144. The Kier molecular flexibility index (Phi) is 8.70. The highest BCUT2D eigenvalue weighted by Crippen LogP contribution is 2.53. The van der Waals surface area contributed by atoms with E-state index in [4.69, 9.17) is 8.85 Å². The molecule has 0 aromatic heterocycles. The van der Waals surface area contributed by atoms with Crippen LogP contribution in [0.25, 0.3) is 0 Å². The quantitative estimate of drug-likeness (QED) is 0.264. The molecule has 0 heterocycles. The van der Waals surface area contributed by atoms with Gasteiger partial charge in [0.15, 0.2) is 8.32 Å². The van der Waals surface area contributed by atoms with Crippen molar-refractivity contribution in [3.63, 3.8) is 0 Å². The van der Waals surface area contributed by atoms with Crippen LogP contribution in [0.5, 0.6) is 0 Å². The number of hydrogen-bond acceptors (Lipinski definition) is 2. The van der Waals surface area contributed by atoms with Crippen molar-refractivity contribution in [2.45, 2.75) is 130 Å². The van der Waals surface area contributed by atoms with E-state index in [0.717, 1.165) is 6.61 Å². The predicted octanol–water partition coefficient (Wildman–Crippen LogP) is 8.56. The molecule has 0 saturated heterocycles. The van der Waals surface area contributed by atoms with Gasteiger partial charge in [0, 0.05) is 17.9 Å². The second-order valence-corrected chi connectivity index (χ2v) is 22.8. The minimum absolute atomic E-state index is 0.0655. The SMILES string of the molecule is C=C(C)[C@H]1CC[C@@](C)(CO[Si](C)(C)C(C)(C)C)[C@@H]1O[Si](C(C)C)(C(C)C)C(C)C. The van der Waals surface area contributed by atoms with Crippen molar-refractivity contribution in [3.05, 3.63) is 12.2 Å². The smallest absolute Gasteiger partial charge is 0.200 e. The van der Waals surface area contributed by atoms with E-state index in [0.29, 0.717) is 22.5 Å². The molecule has 29 heavy (non-hydrogen) atoms. The first-order valence-electron chi connectivity index (χ1n) is 11.9. The minimum Gasteiger partial charge on any atom is -0.416 e. The summed E-state index contributed by atoms with van der Waals surface area (Å²) in [5.74, 6) is 0.450. The molecular formula is C25H52O2Si2. The summed E-state index contributed by atoms with van der Waals surface area (Å²) in [5, 5.41) is 0.235. The van der Waals surface area contributed by atoms with E-state index in [1.165, 1.54) is 18.4 Å². The van der Waals surface area contributed by atoms with E-state index in [-0.39, 0.29) is 16.6 Å². The molecule has 1 fully saturated rings. The summed E-state index contributed by atoms with van der Waals surface area (Å²) >= 11 is 0. The molecule has 0 amide bonds. The maximum absolute atomic E-state index is 7.44. The first-order valence-corrected chi connectivity index (χ1v) is 16.9. The van der Waals surface area contributed by atoms with Crippen LogP contribution < -0.4 is 0 Å². The molecule has 0 aliphatic heterocycles. The minimum atomic E-state index is -1.97. The fourth-order valence-electron chi connectivity index (χ4n) is 5.34. The van der Waals surface area contributed by atoms with Gasteiger partial charge in [-0.1, -0.05) is 81.4 Å². The van der Waals surface area contributed by atoms with E-state index in [1.807, 2.05) is 0 Å². The molecule has 4 heteroatoms. The molecule has 0 N–H and O–H groups in total. The van der Waals surface area contributed by atoms with Gasteiger partial charge in [0.25, 0.3) is 0 Å². The van der Waals surface area contributed by atoms with Gasteiger partial charge >= 0.3 is 0 Å². The molecule has 0 radical (unpaired) electrons. The number of rotatable bonds is 9. The molecule has 0 aromatic carbocycles. The molecule has 0 unspecified atom stereocenters. The largest absolute Gasteiger partial charge is 0.416 e. The normalized spacial score (nSPS) is 26.8. The van der Waals surface area contributed by atoms with Gasteiger partial charge in [-0.15, -0.1) is 0 Å². The van der Waals surface area contributed by atoms with E-state index < -0.39 is 16.6 Å². The standard InChI is InChI=1S/C25H52O2Si2/c1-18(2)22-15-16-25(12,17-26-28(13,14)24(9,10)11)23(22)27-29(19(3)4,20(5)6)21(7)8/h19-23H,1,15-17H2,2-14H3/t22-,23-,25+/m1/s1. The summed E-state index contributed by atoms with van der Waals surface area (Å²) in [7, 11) is -3.75. The van der Waals surface area contributed by atoms with E-state index in [2.05, 4.69) is 95.8 Å². The third kappa shape index (κ3) is 5.48. The first kappa shape index (κ1) is 27.1. The summed E-state index contributed by atoms with van der Waals surface area (Å²) in [6.45, 7) is 35.9. The molecule has 0 bridgehead atoms. The van der Waals surface area contributed by atoms with Gasteiger partial charge in [0.1, 0.15) is 0 Å². The monoisotopic (exact) mass is 440 g/mol. The van der Waals surface area contributed by atoms with Crippen LogP contribution in [0, 0.1) is 11.3 Å². The van der Waals surface area contributed by atoms with Crippen molar-refractivity contribution in [2.75, 3.05) is 6.61 Å². The molecule has 1 aliphatic carbocycles. The van der Waals surface area contributed by atoms with Gasteiger partial charge in [0.05, 0.1) is 6.10 Å². The van der Waals surface area contributed by atoms with Gasteiger partial charge in [-0.2, -0.15) is 0 Å². The second-order valence-electron chi connectivity index (χ2n) is 12.6. The Morgan fingerprint density at radius 3 is 1.83 bits per heavy atom. The molecule has 0 spiro atoms. The molecule has 1 aliphatic rings. The maximum Gasteiger partial charge on any atom is 0.200 e. The lowest BCUT2D eigenvalue weighted by atomic mass is 9.84. The third-order valence-corrected chi connectivity index (χ3v) is 18.9. The van der Waals surface area contributed by atoms with Crippen molar-refractivity contribution in [2.24, 2.45) is 11.3 Å². The van der Waals surface area contributed by atoms with Crippen LogP contribution in [0.1, 0.15) is 89.0 Å². The van der Waals surface area contributed by atoms with Crippen LogP contribution in [-0.2, 0) is 8.85 Å². The van der Waals surface area contributed by atoms with Crippen LogP contribution in [0.4, 0.5) is 0 Å². The van der Waals surface area contributed by atoms with Gasteiger partial charge in [-0.25, -0.2) is 0 Å². The Morgan fingerprint density at radius 1 is 1.03 bits per heavy atom. The van der Waals surface area contributed by atoms with Gasteiger partial charge in [-0.05, 0) is 54.5 Å². The zero-order valence-electron chi connectivity index (χ0n) is 22.0. The average molecular weight is 441 g/mol. The topological polar surface area (TPSA) is 18.5 Å². The zero-order valence-corrected chi connectivity index (χ0v) is 24.0. The highest BCUT2D eigenvalue weighted by Gasteiger charge is 2.54. The van der Waals surface area contributed by atoms with Gasteiger partial charge in [-0.3, -0.25) is 0 Å². The van der Waals surface area contributed by atoms with Crippen molar-refractivity contribution in [1.29, 1.82) is 0 Å². The predicted molar refractivity (Wildman–Crippen MR) is 135 cm³/mol. The summed E-state index contributed by atoms with van der Waals surface area (Å²) < 4.78 is 14.2. The summed E-state index contributed by atoms with van der Waals surface area (Å²) in [6.07, 6.45) is 2.57. The van der Waals surface area contributed by atoms with Crippen LogP contribution in [0.15, 0.2) is 12.2 Å². The Morgan fingerprint density at radius 2 is 1.48 bits per heavy atom. The fourth-order valence-corrected chi connectivity index (χ4v) is 12.2. The molecule has 172 valence electrons. The maximum atomic E-state index is 7.44. The van der Waals surface area contributed by atoms with Gasteiger partial charge in [0.2, 0.25) is 8.32 Å². The molecular weight excluding hydrogens is 388 g/mol. The zero-order chi connectivity index (χ0) is 23.0. The van der Waals surface area contributed by atoms with Crippen LogP contribution in [-0.4, -0.2) is 29.3 Å². The van der Waals surface area contributed by atoms with Crippen LogP contribution in [0.2, 0.25) is 34.8 Å². The first-order chi connectivity index (χ1) is 12.9. The highest BCUT2D eigenvalue weighted by molar-refractivity contribution is 6.77. The lowest BCUT2D eigenvalue weighted by Gasteiger charge is -2.49. The fraction of sp³-hybridized carbons (Fsp3) is 0.920. The Bertz CT molecular complexity index is 538. The summed E-state index contributed by atoms with van der Waals surface area (Å²) in [6, 6.07) is 0. The van der Waals surface area contributed by atoms with Crippen LogP contribution >= 0.6 is 0 Å². The van der Waals surface area contributed by atoms with E-state index >= 15 is 0 Å². The average Bonchev–Trinajstić information content (AvgIpc) is 2.85. The Balaban J connectivity index is 3.30. The molecule has 2 nitrogen and oxygen atoms in total. The summed E-state index contributed by atoms with van der Waals surface area (Å²) in [4.78, 5) is 0. The van der Waals surface area contributed by atoms with E-state index in [9.17, 15) is 0 Å². The molecule has 0 aromatic rings. The highest BCUT2D eigenvalue weighted by atomic mass is 28.4. The lowest BCUT2D eigenvalue weighted by Crippen LogP contribution is -2.55. The third-order valence-electron chi connectivity index (χ3n) is 8.32. The van der Waals surface area contributed by atoms with Crippen molar-refractivity contribution in [1.82, 2.24) is 0 Å². The second kappa shape index (κ2) is 9.30. The Labute approximate surface area is 185 Å². The summed E-state index contributed by atoms with van der Waals surface area (Å²) in [5.41, 5.74) is 3.14. The molecule has 1 saturated carbocycles. The van der Waals surface area contributed by atoms with Gasteiger partial charge < -0.3 is 8.85 Å². The molecule has 1 rings (SSSR count). The van der Waals surface area contributed by atoms with Crippen LogP contribution in [0.3, 0.4) is 0 Å². The van der Waals surface area contributed by atoms with E-state index in [1.54, 1.807) is 0 Å². The Hall–Kier alpha value is 0.0938. The molecule has 3 atom stereocenters. The number of hydrogen-bond donors (Lipinski definition) is 0. The van der Waals surface area contributed by atoms with Crippen molar-refractivity contribution >= 4 is 16.6 Å². The van der Waals surface area contributed by atoms with Crippen molar-refractivity contribution in [3.8, 4) is 0 Å². The van der Waals surface area contributed by atoms with Crippen molar-refractivity contribution < 1.29 is 8.85 Å².